The molecule has 1 saturated carbocycles. The largest absolute Gasteiger partial charge is 0.396 e. The molecule has 0 spiro atoms. The van der Waals surface area contributed by atoms with Crippen molar-refractivity contribution >= 4 is 0 Å². The zero-order valence-corrected chi connectivity index (χ0v) is 5.64. The van der Waals surface area contributed by atoms with Crippen molar-refractivity contribution in [1.82, 2.24) is 0 Å². The lowest BCUT2D eigenvalue weighted by molar-refractivity contribution is 0.0849. The van der Waals surface area contributed by atoms with Crippen LogP contribution in [0.5, 0.6) is 0 Å². The van der Waals surface area contributed by atoms with E-state index in [1.807, 2.05) is 0 Å². The van der Waals surface area contributed by atoms with Crippen LogP contribution in [0.2, 0.25) is 0 Å². The summed E-state index contributed by atoms with van der Waals surface area (Å²) in [5.74, 6) is -0.352. The van der Waals surface area contributed by atoms with Crippen LogP contribution in [0.25, 0.3) is 0 Å². The summed E-state index contributed by atoms with van der Waals surface area (Å²) in [7, 11) is 0. The maximum Gasteiger partial charge on any atom is 0.0720 e. The van der Waals surface area contributed by atoms with Gasteiger partial charge in [0.15, 0.2) is 0 Å². The fourth-order valence-corrected chi connectivity index (χ4v) is 1.36. The quantitative estimate of drug-likeness (QED) is 0.347. The highest BCUT2D eigenvalue weighted by Gasteiger charge is 2.38. The third-order valence-corrected chi connectivity index (χ3v) is 2.13. The van der Waals surface area contributed by atoms with E-state index in [0.717, 1.165) is 0 Å². The molecule has 0 aromatic rings. The maximum absolute atomic E-state index is 9.13. The molecule has 4 heteroatoms. The first-order chi connectivity index (χ1) is 4.66. The molecular weight excluding hydrogens is 134 g/mol. The third kappa shape index (κ3) is 1.15. The Bertz CT molecular complexity index is 120. The summed E-state index contributed by atoms with van der Waals surface area (Å²) >= 11 is 0. The van der Waals surface area contributed by atoms with Gasteiger partial charge in [0, 0.05) is 25.0 Å². The van der Waals surface area contributed by atoms with Crippen LogP contribution in [-0.4, -0.2) is 40.2 Å². The number of aliphatic hydroxyl groups excluding tert-OH is 3. The predicted molar refractivity (Wildman–Crippen MR) is 35.2 cm³/mol. The van der Waals surface area contributed by atoms with Gasteiger partial charge in [0.25, 0.3) is 0 Å². The van der Waals surface area contributed by atoms with Crippen LogP contribution >= 0.6 is 0 Å². The molecule has 5 N–H and O–H groups in total. The molecule has 0 heterocycles. The molecule has 0 amide bonds. The van der Waals surface area contributed by atoms with E-state index in [0.29, 0.717) is 0 Å². The van der Waals surface area contributed by atoms with Gasteiger partial charge in [-0.05, 0) is 0 Å². The second kappa shape index (κ2) is 2.84. The average molecular weight is 147 g/mol. The van der Waals surface area contributed by atoms with Gasteiger partial charge in [-0.1, -0.05) is 0 Å². The van der Waals surface area contributed by atoms with Crippen LogP contribution in [0.1, 0.15) is 6.42 Å². The monoisotopic (exact) mass is 147 g/mol. The minimum atomic E-state index is -0.660. The Morgan fingerprint density at radius 1 is 1.30 bits per heavy atom. The van der Waals surface area contributed by atoms with Gasteiger partial charge >= 0.3 is 0 Å². The summed E-state index contributed by atoms with van der Waals surface area (Å²) in [5, 5.41) is 26.9. The Kier molecular flexibility index (Phi) is 2.25. The summed E-state index contributed by atoms with van der Waals surface area (Å²) in [6, 6.07) is -0.472. The molecule has 1 aliphatic rings. The van der Waals surface area contributed by atoms with Gasteiger partial charge in [-0.25, -0.2) is 0 Å². The highest BCUT2D eigenvalue weighted by atomic mass is 16.3. The summed E-state index contributed by atoms with van der Waals surface area (Å²) in [5.41, 5.74) is 5.45. The highest BCUT2D eigenvalue weighted by molar-refractivity contribution is 4.93. The van der Waals surface area contributed by atoms with Crippen LogP contribution in [0.4, 0.5) is 0 Å². The van der Waals surface area contributed by atoms with E-state index in [1.54, 1.807) is 0 Å². The van der Waals surface area contributed by atoms with Gasteiger partial charge in [0.2, 0.25) is 0 Å². The van der Waals surface area contributed by atoms with E-state index in [1.165, 1.54) is 0 Å². The van der Waals surface area contributed by atoms with Crippen LogP contribution < -0.4 is 5.73 Å². The van der Waals surface area contributed by atoms with E-state index in [4.69, 9.17) is 21.1 Å². The predicted octanol–water partition coefficient (Wildman–Crippen LogP) is -1.95. The van der Waals surface area contributed by atoms with Crippen LogP contribution in [0.3, 0.4) is 0 Å². The number of hydrogen-bond acceptors (Lipinski definition) is 4. The maximum atomic E-state index is 9.13. The molecule has 0 aromatic heterocycles. The Hall–Kier alpha value is -0.160. The van der Waals surface area contributed by atoms with Crippen molar-refractivity contribution in [2.24, 2.45) is 11.7 Å². The fraction of sp³-hybridized carbons (Fsp3) is 1.00. The Labute approximate surface area is 59.3 Å². The normalized spacial score (nSPS) is 48.0. The SMILES string of the molecule is NC1C(O)CC(O)C1CO. The first-order valence-electron chi connectivity index (χ1n) is 3.39. The number of nitrogens with two attached hydrogens (primary N) is 1. The molecule has 0 aromatic carbocycles. The van der Waals surface area contributed by atoms with Crippen LogP contribution in [0.15, 0.2) is 0 Å². The summed E-state index contributed by atoms with van der Waals surface area (Å²) in [6.07, 6.45) is -1.02. The molecule has 0 bridgehead atoms. The van der Waals surface area contributed by atoms with Crippen molar-refractivity contribution in [3.05, 3.63) is 0 Å². The number of aliphatic hydroxyl groups is 3. The summed E-state index contributed by atoms with van der Waals surface area (Å²) in [6.45, 7) is -0.153. The second-order valence-corrected chi connectivity index (χ2v) is 2.79. The lowest BCUT2D eigenvalue weighted by Gasteiger charge is -2.15. The van der Waals surface area contributed by atoms with E-state index in [9.17, 15) is 0 Å². The topological polar surface area (TPSA) is 86.7 Å². The van der Waals surface area contributed by atoms with Crippen LogP contribution in [-0.2, 0) is 0 Å². The van der Waals surface area contributed by atoms with E-state index >= 15 is 0 Å². The van der Waals surface area contributed by atoms with E-state index in [2.05, 4.69) is 0 Å². The molecule has 0 aliphatic heterocycles. The Balaban J connectivity index is 2.55. The van der Waals surface area contributed by atoms with Gasteiger partial charge in [0.05, 0.1) is 12.2 Å². The van der Waals surface area contributed by atoms with Crippen molar-refractivity contribution < 1.29 is 15.3 Å². The summed E-state index contributed by atoms with van der Waals surface area (Å²) < 4.78 is 0. The molecule has 4 unspecified atom stereocenters. The van der Waals surface area contributed by atoms with Crippen molar-refractivity contribution in [3.8, 4) is 0 Å². The minimum absolute atomic E-state index is 0.153. The number of hydrogen-bond donors (Lipinski definition) is 4. The average Bonchev–Trinajstić information content (AvgIpc) is 2.09. The minimum Gasteiger partial charge on any atom is -0.396 e. The molecule has 1 fully saturated rings. The zero-order chi connectivity index (χ0) is 7.72. The summed E-state index contributed by atoms with van der Waals surface area (Å²) in [4.78, 5) is 0. The molecule has 4 atom stereocenters. The molecule has 1 rings (SSSR count). The molecule has 10 heavy (non-hydrogen) atoms. The highest BCUT2D eigenvalue weighted by Crippen LogP contribution is 2.24. The molecule has 0 saturated heterocycles. The number of rotatable bonds is 1. The fourth-order valence-electron chi connectivity index (χ4n) is 1.36. The van der Waals surface area contributed by atoms with E-state index in [-0.39, 0.29) is 18.9 Å². The van der Waals surface area contributed by atoms with Gasteiger partial charge in [-0.3, -0.25) is 0 Å². The van der Waals surface area contributed by atoms with Gasteiger partial charge in [-0.2, -0.15) is 0 Å². The molecular formula is C6H13NO3. The first-order valence-corrected chi connectivity index (χ1v) is 3.39. The van der Waals surface area contributed by atoms with E-state index < -0.39 is 18.2 Å². The smallest absolute Gasteiger partial charge is 0.0720 e. The Morgan fingerprint density at radius 3 is 2.10 bits per heavy atom. The van der Waals surface area contributed by atoms with Gasteiger partial charge in [0.1, 0.15) is 0 Å². The lowest BCUT2D eigenvalue weighted by Crippen LogP contribution is -2.38. The zero-order valence-electron chi connectivity index (χ0n) is 5.64. The molecule has 0 radical (unpaired) electrons. The first kappa shape index (κ1) is 7.94. The van der Waals surface area contributed by atoms with Crippen LogP contribution in [0, 0.1) is 5.92 Å². The second-order valence-electron chi connectivity index (χ2n) is 2.79. The molecule has 4 nitrogen and oxygen atoms in total. The van der Waals surface area contributed by atoms with Gasteiger partial charge < -0.3 is 21.1 Å². The van der Waals surface area contributed by atoms with Crippen molar-refractivity contribution in [1.29, 1.82) is 0 Å². The standard InChI is InChI=1S/C6H13NO3/c7-6-3(2-8)4(9)1-5(6)10/h3-6,8-10H,1-2,7H2. The van der Waals surface area contributed by atoms with Crippen molar-refractivity contribution in [2.75, 3.05) is 6.61 Å². The molecule has 1 aliphatic carbocycles. The molecule has 60 valence electrons. The van der Waals surface area contributed by atoms with Crippen molar-refractivity contribution in [3.63, 3.8) is 0 Å². The lowest BCUT2D eigenvalue weighted by atomic mass is 10.0. The van der Waals surface area contributed by atoms with Crippen molar-refractivity contribution in [2.45, 2.75) is 24.7 Å². The van der Waals surface area contributed by atoms with Gasteiger partial charge in [-0.15, -0.1) is 0 Å². The third-order valence-electron chi connectivity index (χ3n) is 2.13. The Morgan fingerprint density at radius 2 is 1.90 bits per heavy atom.